The van der Waals surface area contributed by atoms with Crippen LogP contribution in [0.25, 0.3) is 0 Å². The van der Waals surface area contributed by atoms with Crippen molar-refractivity contribution in [2.24, 2.45) is 0 Å². The van der Waals surface area contributed by atoms with Crippen LogP contribution in [0.5, 0.6) is 5.75 Å². The number of halogens is 2. The molecule has 0 spiro atoms. The largest absolute Gasteiger partial charge is 0.481 e. The highest BCUT2D eigenvalue weighted by atomic mass is 19.1. The van der Waals surface area contributed by atoms with Gasteiger partial charge >= 0.3 is 0 Å². The molecule has 1 amide bonds. The molecule has 6 heteroatoms. The number of nitrogens with one attached hydrogen (secondary N) is 1. The Balaban J connectivity index is 1.72. The molecule has 0 saturated heterocycles. The maximum atomic E-state index is 13.3. The quantitative estimate of drug-likeness (QED) is 0.821. The maximum absolute atomic E-state index is 13.3. The van der Waals surface area contributed by atoms with Gasteiger partial charge in [-0.2, -0.15) is 0 Å². The van der Waals surface area contributed by atoms with Crippen LogP contribution in [0, 0.1) is 11.6 Å². The van der Waals surface area contributed by atoms with Crippen LogP contribution in [0.2, 0.25) is 0 Å². The summed E-state index contributed by atoms with van der Waals surface area (Å²) in [7, 11) is 0. The number of hydrogen-bond donors (Lipinski definition) is 2. The Labute approximate surface area is 132 Å². The summed E-state index contributed by atoms with van der Waals surface area (Å²) in [6, 6.07) is 12.2. The van der Waals surface area contributed by atoms with Crippen LogP contribution in [-0.2, 0) is 11.2 Å². The van der Waals surface area contributed by atoms with Crippen LogP contribution in [-0.4, -0.2) is 30.3 Å². The fourth-order valence-corrected chi connectivity index (χ4v) is 1.98. The van der Waals surface area contributed by atoms with Crippen LogP contribution < -0.4 is 10.1 Å². The van der Waals surface area contributed by atoms with E-state index >= 15 is 0 Å². The third kappa shape index (κ3) is 5.67. The number of ether oxygens (including phenoxy) is 1. The highest BCUT2D eigenvalue weighted by Gasteiger charge is 2.10. The summed E-state index contributed by atoms with van der Waals surface area (Å²) in [5.74, 6) is -2.29. The van der Waals surface area contributed by atoms with Crippen molar-refractivity contribution in [1.29, 1.82) is 0 Å². The molecular weight excluding hydrogens is 304 g/mol. The molecule has 4 nitrogen and oxygen atoms in total. The van der Waals surface area contributed by atoms with E-state index in [1.54, 1.807) is 0 Å². The molecule has 0 saturated carbocycles. The van der Waals surface area contributed by atoms with Gasteiger partial charge in [-0.15, -0.1) is 0 Å². The van der Waals surface area contributed by atoms with Crippen LogP contribution in [0.4, 0.5) is 8.78 Å². The number of aliphatic hydroxyl groups excluding tert-OH is 1. The van der Waals surface area contributed by atoms with E-state index in [0.29, 0.717) is 12.5 Å². The van der Waals surface area contributed by atoms with Crippen LogP contribution >= 0.6 is 0 Å². The molecule has 0 radical (unpaired) electrons. The number of benzene rings is 2. The average molecular weight is 321 g/mol. The molecule has 0 aliphatic carbocycles. The SMILES string of the molecule is O=C(COc1ccc(F)cc1F)NCC(O)Cc1ccccc1. The summed E-state index contributed by atoms with van der Waals surface area (Å²) in [4.78, 5) is 11.6. The van der Waals surface area contributed by atoms with Gasteiger partial charge in [0.05, 0.1) is 6.10 Å². The zero-order valence-electron chi connectivity index (χ0n) is 12.3. The number of hydrogen-bond acceptors (Lipinski definition) is 3. The second kappa shape index (κ2) is 8.24. The van der Waals surface area contributed by atoms with Crippen LogP contribution in [0.1, 0.15) is 5.56 Å². The minimum atomic E-state index is -0.873. The van der Waals surface area contributed by atoms with Gasteiger partial charge in [0.1, 0.15) is 5.82 Å². The second-order valence-corrected chi connectivity index (χ2v) is 5.01. The minimum Gasteiger partial charge on any atom is -0.481 e. The Kier molecular flexibility index (Phi) is 6.05. The molecule has 0 aliphatic heterocycles. The highest BCUT2D eigenvalue weighted by Crippen LogP contribution is 2.17. The molecule has 2 aromatic rings. The first-order valence-electron chi connectivity index (χ1n) is 7.11. The molecule has 2 N–H and O–H groups in total. The predicted molar refractivity (Wildman–Crippen MR) is 81.0 cm³/mol. The molecule has 0 aromatic heterocycles. The van der Waals surface area contributed by atoms with Gasteiger partial charge in [0.2, 0.25) is 0 Å². The molecule has 0 bridgehead atoms. The summed E-state index contributed by atoms with van der Waals surface area (Å²) >= 11 is 0. The Hall–Kier alpha value is -2.47. The summed E-state index contributed by atoms with van der Waals surface area (Å²) in [5.41, 5.74) is 0.957. The van der Waals surface area contributed by atoms with Gasteiger partial charge in [0, 0.05) is 19.0 Å². The molecule has 2 rings (SSSR count). The fourth-order valence-electron chi connectivity index (χ4n) is 1.98. The number of rotatable bonds is 7. The molecule has 2 aromatic carbocycles. The van der Waals surface area contributed by atoms with Crippen molar-refractivity contribution in [3.63, 3.8) is 0 Å². The molecule has 1 atom stereocenters. The van der Waals surface area contributed by atoms with Crippen molar-refractivity contribution in [3.05, 3.63) is 65.7 Å². The molecule has 1 unspecified atom stereocenters. The van der Waals surface area contributed by atoms with E-state index < -0.39 is 30.3 Å². The molecule has 0 heterocycles. The number of amides is 1. The van der Waals surface area contributed by atoms with Crippen molar-refractivity contribution in [3.8, 4) is 5.75 Å². The van der Waals surface area contributed by atoms with Crippen molar-refractivity contribution >= 4 is 5.91 Å². The van der Waals surface area contributed by atoms with E-state index in [4.69, 9.17) is 4.74 Å². The van der Waals surface area contributed by atoms with E-state index in [0.717, 1.165) is 17.7 Å². The highest BCUT2D eigenvalue weighted by molar-refractivity contribution is 5.77. The van der Waals surface area contributed by atoms with E-state index in [2.05, 4.69) is 5.32 Å². The second-order valence-electron chi connectivity index (χ2n) is 5.01. The zero-order chi connectivity index (χ0) is 16.7. The zero-order valence-corrected chi connectivity index (χ0v) is 12.3. The number of carbonyl (C=O) groups is 1. The monoisotopic (exact) mass is 321 g/mol. The molecule has 0 fully saturated rings. The van der Waals surface area contributed by atoms with E-state index in [9.17, 15) is 18.7 Å². The average Bonchev–Trinajstić information content (AvgIpc) is 2.53. The van der Waals surface area contributed by atoms with Crippen molar-refractivity contribution in [2.45, 2.75) is 12.5 Å². The third-order valence-electron chi connectivity index (χ3n) is 3.10. The fraction of sp³-hybridized carbons (Fsp3) is 0.235. The minimum absolute atomic E-state index is 0.0585. The first-order chi connectivity index (χ1) is 11.0. The van der Waals surface area contributed by atoms with Gasteiger partial charge in [0.25, 0.3) is 5.91 Å². The maximum Gasteiger partial charge on any atom is 0.258 e. The van der Waals surface area contributed by atoms with Crippen LogP contribution in [0.3, 0.4) is 0 Å². The van der Waals surface area contributed by atoms with Crippen LogP contribution in [0.15, 0.2) is 48.5 Å². The lowest BCUT2D eigenvalue weighted by Gasteiger charge is -2.12. The van der Waals surface area contributed by atoms with Gasteiger partial charge in [-0.1, -0.05) is 30.3 Å². The summed E-state index contributed by atoms with van der Waals surface area (Å²) in [6.07, 6.45) is -0.321. The summed E-state index contributed by atoms with van der Waals surface area (Å²) in [6.45, 7) is -0.358. The topological polar surface area (TPSA) is 58.6 Å². The van der Waals surface area contributed by atoms with E-state index in [1.165, 1.54) is 0 Å². The molecule has 23 heavy (non-hydrogen) atoms. The first-order valence-corrected chi connectivity index (χ1v) is 7.11. The predicted octanol–water partition coefficient (Wildman–Crippen LogP) is 2.06. The number of aliphatic hydroxyl groups is 1. The van der Waals surface area contributed by atoms with Crippen molar-refractivity contribution in [1.82, 2.24) is 5.32 Å². The lowest BCUT2D eigenvalue weighted by molar-refractivity contribution is -0.123. The first kappa shape index (κ1) is 16.9. The van der Waals surface area contributed by atoms with Gasteiger partial charge in [0.15, 0.2) is 18.2 Å². The van der Waals surface area contributed by atoms with Gasteiger partial charge < -0.3 is 15.2 Å². The van der Waals surface area contributed by atoms with E-state index in [1.807, 2.05) is 30.3 Å². The Morgan fingerprint density at radius 1 is 1.17 bits per heavy atom. The van der Waals surface area contributed by atoms with Crippen molar-refractivity contribution < 1.29 is 23.4 Å². The van der Waals surface area contributed by atoms with E-state index in [-0.39, 0.29) is 12.3 Å². The summed E-state index contributed by atoms with van der Waals surface area (Å²) in [5, 5.41) is 12.3. The smallest absolute Gasteiger partial charge is 0.258 e. The van der Waals surface area contributed by atoms with Gasteiger partial charge in [-0.05, 0) is 17.7 Å². The van der Waals surface area contributed by atoms with Gasteiger partial charge in [-0.25, -0.2) is 8.78 Å². The molecule has 122 valence electrons. The standard InChI is InChI=1S/C17H17F2NO3/c18-13-6-7-16(15(19)9-13)23-11-17(22)20-10-14(21)8-12-4-2-1-3-5-12/h1-7,9,14,21H,8,10-11H2,(H,20,22). The van der Waals surface area contributed by atoms with Gasteiger partial charge in [-0.3, -0.25) is 4.79 Å². The third-order valence-corrected chi connectivity index (χ3v) is 3.10. The number of carbonyl (C=O) groups excluding carboxylic acids is 1. The van der Waals surface area contributed by atoms with Crippen molar-refractivity contribution in [2.75, 3.05) is 13.2 Å². The molecular formula is C17H17F2NO3. The normalized spacial score (nSPS) is 11.8. The lowest BCUT2D eigenvalue weighted by Crippen LogP contribution is -2.36. The Morgan fingerprint density at radius 2 is 1.91 bits per heavy atom. The Morgan fingerprint density at radius 3 is 2.61 bits per heavy atom. The lowest BCUT2D eigenvalue weighted by atomic mass is 10.1. The Bertz CT molecular complexity index is 650. The molecule has 0 aliphatic rings. The summed E-state index contributed by atoms with van der Waals surface area (Å²) < 4.78 is 31.0.